The fraction of sp³-hybridized carbons (Fsp3) is 0.538. The van der Waals surface area contributed by atoms with Gasteiger partial charge in [0.1, 0.15) is 5.82 Å². The summed E-state index contributed by atoms with van der Waals surface area (Å²) >= 11 is 5.77. The van der Waals surface area contributed by atoms with Crippen LogP contribution in [0.15, 0.2) is 18.2 Å². The molecular weight excluding hydrogens is 255 g/mol. The van der Waals surface area contributed by atoms with Crippen LogP contribution in [0.2, 0.25) is 5.02 Å². The molecule has 0 amide bonds. The van der Waals surface area contributed by atoms with Gasteiger partial charge >= 0.3 is 0 Å². The lowest BCUT2D eigenvalue weighted by molar-refractivity contribution is 0.138. The number of aliphatic hydroxyl groups is 1. The molecule has 2 N–H and O–H groups in total. The molecule has 1 aromatic carbocycles. The molecule has 0 radical (unpaired) electrons. The Kier molecular flexibility index (Phi) is 4.95. The summed E-state index contributed by atoms with van der Waals surface area (Å²) in [4.78, 5) is 2.21. The van der Waals surface area contributed by atoms with Gasteiger partial charge in [0.05, 0.1) is 0 Å². The van der Waals surface area contributed by atoms with Crippen LogP contribution in [0.3, 0.4) is 0 Å². The van der Waals surface area contributed by atoms with Crippen molar-refractivity contribution in [2.75, 3.05) is 32.8 Å². The number of piperazine rings is 1. The molecule has 1 heterocycles. The second-order valence-electron chi connectivity index (χ2n) is 4.48. The molecule has 2 rings (SSSR count). The lowest BCUT2D eigenvalue weighted by Gasteiger charge is -2.35. The van der Waals surface area contributed by atoms with Gasteiger partial charge in [-0.05, 0) is 18.6 Å². The second-order valence-corrected chi connectivity index (χ2v) is 4.92. The standard InChI is InChI=1S/C13H18ClFN2O/c14-10-1-2-11(12(15)9-10)13(3-8-18)17-6-4-16-5-7-17/h1-2,9,13,16,18H,3-8H2/t13-/m1/s1. The zero-order chi connectivity index (χ0) is 13.0. The Morgan fingerprint density at radius 1 is 1.39 bits per heavy atom. The predicted octanol–water partition coefficient (Wildman–Crippen LogP) is 1.81. The van der Waals surface area contributed by atoms with Crippen molar-refractivity contribution in [3.05, 3.63) is 34.6 Å². The summed E-state index contributed by atoms with van der Waals surface area (Å²) in [7, 11) is 0. The van der Waals surface area contributed by atoms with Crippen LogP contribution in [0.25, 0.3) is 0 Å². The first-order chi connectivity index (χ1) is 8.72. The summed E-state index contributed by atoms with van der Waals surface area (Å²) in [6.07, 6.45) is 0.540. The number of benzene rings is 1. The Hall–Kier alpha value is -0.680. The minimum absolute atomic E-state index is 0.0522. The molecule has 0 unspecified atom stereocenters. The molecule has 3 nitrogen and oxygen atoms in total. The summed E-state index contributed by atoms with van der Waals surface area (Å²) < 4.78 is 14.0. The highest BCUT2D eigenvalue weighted by molar-refractivity contribution is 6.30. The van der Waals surface area contributed by atoms with Crippen molar-refractivity contribution < 1.29 is 9.50 Å². The van der Waals surface area contributed by atoms with Crippen LogP contribution in [-0.2, 0) is 0 Å². The molecule has 5 heteroatoms. The van der Waals surface area contributed by atoms with Gasteiger partial charge in [-0.2, -0.15) is 0 Å². The monoisotopic (exact) mass is 272 g/mol. The van der Waals surface area contributed by atoms with Crippen LogP contribution in [0.5, 0.6) is 0 Å². The predicted molar refractivity (Wildman–Crippen MR) is 70.3 cm³/mol. The summed E-state index contributed by atoms with van der Waals surface area (Å²) in [6, 6.07) is 4.69. The van der Waals surface area contributed by atoms with Gasteiger partial charge in [-0.15, -0.1) is 0 Å². The van der Waals surface area contributed by atoms with Gasteiger partial charge in [-0.25, -0.2) is 4.39 Å². The van der Waals surface area contributed by atoms with E-state index >= 15 is 0 Å². The number of hydrogen-bond donors (Lipinski definition) is 2. The highest BCUT2D eigenvalue weighted by atomic mass is 35.5. The van der Waals surface area contributed by atoms with E-state index in [9.17, 15) is 9.50 Å². The van der Waals surface area contributed by atoms with E-state index in [0.29, 0.717) is 17.0 Å². The normalized spacial score (nSPS) is 18.8. The molecule has 18 heavy (non-hydrogen) atoms. The second kappa shape index (κ2) is 6.48. The molecule has 1 fully saturated rings. The first-order valence-electron chi connectivity index (χ1n) is 6.23. The van der Waals surface area contributed by atoms with Crippen molar-refractivity contribution in [3.63, 3.8) is 0 Å². The van der Waals surface area contributed by atoms with Crippen LogP contribution in [-0.4, -0.2) is 42.8 Å². The number of hydrogen-bond acceptors (Lipinski definition) is 3. The van der Waals surface area contributed by atoms with Crippen LogP contribution in [0, 0.1) is 5.82 Å². The van der Waals surface area contributed by atoms with Crippen LogP contribution in [0.4, 0.5) is 4.39 Å². The smallest absolute Gasteiger partial charge is 0.129 e. The van der Waals surface area contributed by atoms with Crippen molar-refractivity contribution >= 4 is 11.6 Å². The minimum Gasteiger partial charge on any atom is -0.396 e. The molecule has 1 aromatic rings. The number of rotatable bonds is 4. The lowest BCUT2D eigenvalue weighted by Crippen LogP contribution is -2.45. The van der Waals surface area contributed by atoms with Crippen LogP contribution < -0.4 is 5.32 Å². The summed E-state index contributed by atoms with van der Waals surface area (Å²) in [6.45, 7) is 3.59. The van der Waals surface area contributed by atoms with E-state index in [-0.39, 0.29) is 18.5 Å². The third-order valence-corrected chi connectivity index (χ3v) is 3.55. The average molecular weight is 273 g/mol. The molecule has 0 saturated carbocycles. The number of nitrogens with zero attached hydrogens (tertiary/aromatic N) is 1. The summed E-state index contributed by atoms with van der Waals surface area (Å²) in [5.41, 5.74) is 0.621. The molecule has 0 spiro atoms. The molecule has 1 aliphatic rings. The molecule has 1 saturated heterocycles. The van der Waals surface area contributed by atoms with Crippen molar-refractivity contribution in [3.8, 4) is 0 Å². The third-order valence-electron chi connectivity index (χ3n) is 3.32. The first kappa shape index (κ1) is 13.7. The van der Waals surface area contributed by atoms with E-state index in [1.165, 1.54) is 6.07 Å². The molecule has 0 aliphatic carbocycles. The molecule has 0 aromatic heterocycles. The Morgan fingerprint density at radius 3 is 2.72 bits per heavy atom. The number of aliphatic hydroxyl groups excluding tert-OH is 1. The van der Waals surface area contributed by atoms with Gasteiger partial charge in [0.15, 0.2) is 0 Å². The lowest BCUT2D eigenvalue weighted by atomic mass is 10.0. The van der Waals surface area contributed by atoms with Gasteiger partial charge in [-0.1, -0.05) is 17.7 Å². The van der Waals surface area contributed by atoms with Gasteiger partial charge < -0.3 is 10.4 Å². The summed E-state index contributed by atoms with van der Waals surface area (Å²) in [5, 5.41) is 12.9. The van der Waals surface area contributed by atoms with E-state index in [1.54, 1.807) is 12.1 Å². The van der Waals surface area contributed by atoms with Crippen LogP contribution in [0.1, 0.15) is 18.0 Å². The highest BCUT2D eigenvalue weighted by Gasteiger charge is 2.24. The van der Waals surface area contributed by atoms with Gasteiger partial charge in [0, 0.05) is 49.4 Å². The highest BCUT2D eigenvalue weighted by Crippen LogP contribution is 2.28. The molecule has 1 atom stereocenters. The molecule has 0 bridgehead atoms. The van der Waals surface area contributed by atoms with Crippen molar-refractivity contribution in [2.45, 2.75) is 12.5 Å². The Balaban J connectivity index is 2.22. The zero-order valence-corrected chi connectivity index (χ0v) is 11.0. The van der Waals surface area contributed by atoms with Crippen molar-refractivity contribution in [1.82, 2.24) is 10.2 Å². The van der Waals surface area contributed by atoms with E-state index < -0.39 is 0 Å². The van der Waals surface area contributed by atoms with Crippen LogP contribution >= 0.6 is 11.6 Å². The topological polar surface area (TPSA) is 35.5 Å². The first-order valence-corrected chi connectivity index (χ1v) is 6.60. The maximum Gasteiger partial charge on any atom is 0.129 e. The van der Waals surface area contributed by atoms with Gasteiger partial charge in [0.25, 0.3) is 0 Å². The van der Waals surface area contributed by atoms with Gasteiger partial charge in [-0.3, -0.25) is 4.90 Å². The van der Waals surface area contributed by atoms with E-state index in [0.717, 1.165) is 26.2 Å². The fourth-order valence-corrected chi connectivity index (χ4v) is 2.58. The maximum atomic E-state index is 14.0. The Bertz CT molecular complexity index is 397. The minimum atomic E-state index is -0.292. The molecule has 100 valence electrons. The molecule has 1 aliphatic heterocycles. The van der Waals surface area contributed by atoms with Gasteiger partial charge in [0.2, 0.25) is 0 Å². The van der Waals surface area contributed by atoms with E-state index in [4.69, 9.17) is 11.6 Å². The fourth-order valence-electron chi connectivity index (χ4n) is 2.42. The SMILES string of the molecule is OCC[C@H](c1ccc(Cl)cc1F)N1CCNCC1. The average Bonchev–Trinajstić information content (AvgIpc) is 2.38. The number of nitrogens with one attached hydrogen (secondary N) is 1. The molecular formula is C13H18ClFN2O. The zero-order valence-electron chi connectivity index (χ0n) is 10.2. The maximum absolute atomic E-state index is 14.0. The van der Waals surface area contributed by atoms with E-state index in [1.807, 2.05) is 0 Å². The Labute approximate surface area is 112 Å². The summed E-state index contributed by atoms with van der Waals surface area (Å²) in [5.74, 6) is -0.292. The quantitative estimate of drug-likeness (QED) is 0.878. The Morgan fingerprint density at radius 2 is 2.11 bits per heavy atom. The number of halogens is 2. The third kappa shape index (κ3) is 3.20. The van der Waals surface area contributed by atoms with Crippen molar-refractivity contribution in [1.29, 1.82) is 0 Å². The van der Waals surface area contributed by atoms with Crippen molar-refractivity contribution in [2.24, 2.45) is 0 Å². The van der Waals surface area contributed by atoms with E-state index in [2.05, 4.69) is 10.2 Å². The largest absolute Gasteiger partial charge is 0.396 e.